The summed E-state index contributed by atoms with van der Waals surface area (Å²) in [6, 6.07) is 12.2. The van der Waals surface area contributed by atoms with Gasteiger partial charge in [-0.15, -0.1) is 0 Å². The highest BCUT2D eigenvalue weighted by molar-refractivity contribution is 9.10. The zero-order valence-corrected chi connectivity index (χ0v) is 17.9. The number of amides is 2. The first-order chi connectivity index (χ1) is 13.8. The normalized spacial score (nSPS) is 15.6. The molecule has 0 atom stereocenters. The number of halogens is 1. The Balaban J connectivity index is 1.48. The van der Waals surface area contributed by atoms with Crippen LogP contribution in [0.3, 0.4) is 0 Å². The lowest BCUT2D eigenvalue weighted by atomic mass is 10.2. The van der Waals surface area contributed by atoms with Crippen LogP contribution in [0.15, 0.2) is 57.0 Å². The Labute approximate surface area is 177 Å². The van der Waals surface area contributed by atoms with Crippen LogP contribution in [0.2, 0.25) is 0 Å². The summed E-state index contributed by atoms with van der Waals surface area (Å²) in [6.45, 7) is 0.745. The van der Waals surface area contributed by atoms with Crippen LogP contribution in [0.4, 0.5) is 0 Å². The molecule has 2 amide bonds. The molecule has 1 aromatic heterocycles. The maximum Gasteiger partial charge on any atom is 0.287 e. The predicted molar refractivity (Wildman–Crippen MR) is 111 cm³/mol. The lowest BCUT2D eigenvalue weighted by molar-refractivity contribution is -0.131. The van der Waals surface area contributed by atoms with E-state index in [1.807, 2.05) is 30.3 Å². The van der Waals surface area contributed by atoms with E-state index in [4.69, 9.17) is 4.42 Å². The van der Waals surface area contributed by atoms with Crippen LogP contribution in [0.25, 0.3) is 6.08 Å². The molecule has 154 valence electrons. The molecule has 0 spiro atoms. The zero-order chi connectivity index (χ0) is 20.9. The van der Waals surface area contributed by atoms with Crippen molar-refractivity contribution in [3.63, 3.8) is 0 Å². The van der Waals surface area contributed by atoms with Crippen molar-refractivity contribution in [1.82, 2.24) is 14.5 Å². The summed E-state index contributed by atoms with van der Waals surface area (Å²) in [6.07, 6.45) is 1.55. The van der Waals surface area contributed by atoms with Gasteiger partial charge in [0, 0.05) is 31.6 Å². The van der Waals surface area contributed by atoms with Crippen LogP contribution in [0.1, 0.15) is 16.1 Å². The molecule has 2 heterocycles. The van der Waals surface area contributed by atoms with Gasteiger partial charge in [-0.2, -0.15) is 4.31 Å². The van der Waals surface area contributed by atoms with Crippen LogP contribution in [0, 0.1) is 0 Å². The number of carbonyl (C=O) groups is 2. The van der Waals surface area contributed by atoms with E-state index in [9.17, 15) is 18.0 Å². The molecule has 0 bridgehead atoms. The molecular formula is C19H20BrN3O5S. The summed E-state index contributed by atoms with van der Waals surface area (Å²) in [5.74, 6) is -0.664. The molecule has 0 unspecified atom stereocenters. The summed E-state index contributed by atoms with van der Waals surface area (Å²) >= 11 is 3.11. The van der Waals surface area contributed by atoms with Gasteiger partial charge in [0.25, 0.3) is 5.91 Å². The maximum absolute atomic E-state index is 12.5. The quantitative estimate of drug-likeness (QED) is 0.679. The molecule has 29 heavy (non-hydrogen) atoms. The van der Waals surface area contributed by atoms with Crippen molar-refractivity contribution in [1.29, 1.82) is 0 Å². The molecule has 10 heteroatoms. The van der Waals surface area contributed by atoms with Crippen LogP contribution in [0.5, 0.6) is 0 Å². The minimum Gasteiger partial charge on any atom is -0.444 e. The minimum atomic E-state index is -3.56. The molecule has 8 nitrogen and oxygen atoms in total. The van der Waals surface area contributed by atoms with Crippen LogP contribution < -0.4 is 5.32 Å². The van der Waals surface area contributed by atoms with E-state index in [1.165, 1.54) is 20.7 Å². The monoisotopic (exact) mass is 481 g/mol. The molecule has 2 aromatic rings. The van der Waals surface area contributed by atoms with E-state index >= 15 is 0 Å². The van der Waals surface area contributed by atoms with E-state index in [2.05, 4.69) is 21.2 Å². The largest absolute Gasteiger partial charge is 0.444 e. The number of hydrogen-bond donors (Lipinski definition) is 1. The number of hydrogen-bond acceptors (Lipinski definition) is 5. The van der Waals surface area contributed by atoms with Crippen molar-refractivity contribution in [2.45, 2.75) is 0 Å². The second-order valence-electron chi connectivity index (χ2n) is 6.32. The fourth-order valence-corrected chi connectivity index (χ4v) is 4.28. The van der Waals surface area contributed by atoms with E-state index < -0.39 is 15.9 Å². The first-order valence-electron chi connectivity index (χ1n) is 8.90. The number of benzene rings is 1. The number of piperazine rings is 1. The molecule has 1 aliphatic heterocycles. The van der Waals surface area contributed by atoms with Crippen molar-refractivity contribution < 1.29 is 22.4 Å². The first kappa shape index (κ1) is 21.3. The van der Waals surface area contributed by atoms with Gasteiger partial charge in [0.2, 0.25) is 15.9 Å². The van der Waals surface area contributed by atoms with Gasteiger partial charge in [-0.3, -0.25) is 9.59 Å². The maximum atomic E-state index is 12.5. The Hall–Kier alpha value is -2.43. The fraction of sp³-hybridized carbons (Fsp3) is 0.263. The number of nitrogens with zero attached hydrogens (tertiary/aromatic N) is 2. The molecular weight excluding hydrogens is 462 g/mol. The summed E-state index contributed by atoms with van der Waals surface area (Å²) in [4.78, 5) is 25.8. The number of furan rings is 1. The van der Waals surface area contributed by atoms with Crippen LogP contribution in [-0.4, -0.2) is 62.2 Å². The van der Waals surface area contributed by atoms with Gasteiger partial charge in [0.05, 0.1) is 6.54 Å². The first-order valence-corrected chi connectivity index (χ1v) is 11.2. The summed E-state index contributed by atoms with van der Waals surface area (Å²) < 4.78 is 31.8. The van der Waals surface area contributed by atoms with Crippen molar-refractivity contribution in [3.05, 3.63) is 63.9 Å². The third kappa shape index (κ3) is 5.78. The molecule has 1 aromatic carbocycles. The van der Waals surface area contributed by atoms with Crippen molar-refractivity contribution in [3.8, 4) is 0 Å². The number of sulfonamides is 1. The molecule has 0 aliphatic carbocycles. The van der Waals surface area contributed by atoms with Crippen molar-refractivity contribution in [2.75, 3.05) is 32.7 Å². The average molecular weight is 482 g/mol. The van der Waals surface area contributed by atoms with Gasteiger partial charge >= 0.3 is 0 Å². The topological polar surface area (TPSA) is 99.9 Å². The fourth-order valence-electron chi connectivity index (χ4n) is 2.80. The molecule has 0 saturated carbocycles. The number of nitrogens with one attached hydrogen (secondary N) is 1. The third-order valence-corrected chi connectivity index (χ3v) is 6.37. The Morgan fingerprint density at radius 3 is 2.38 bits per heavy atom. The van der Waals surface area contributed by atoms with E-state index in [-0.39, 0.29) is 44.4 Å². The Morgan fingerprint density at radius 1 is 1.07 bits per heavy atom. The minimum absolute atomic E-state index is 0.103. The second kappa shape index (κ2) is 9.38. The van der Waals surface area contributed by atoms with E-state index in [1.54, 1.807) is 12.1 Å². The van der Waals surface area contributed by atoms with Gasteiger partial charge < -0.3 is 14.6 Å². The number of rotatable bonds is 6. The molecule has 3 rings (SSSR count). The van der Waals surface area contributed by atoms with Crippen molar-refractivity contribution in [2.24, 2.45) is 0 Å². The SMILES string of the molecule is O=C(NCC(=O)N1CCN(S(=O)(=O)/C=C/c2ccccc2)CC1)c1ccc(Br)o1. The second-order valence-corrected chi connectivity index (χ2v) is 8.92. The van der Waals surface area contributed by atoms with Crippen LogP contribution >= 0.6 is 15.9 Å². The van der Waals surface area contributed by atoms with Crippen molar-refractivity contribution >= 4 is 43.8 Å². The zero-order valence-electron chi connectivity index (χ0n) is 15.5. The highest BCUT2D eigenvalue weighted by Gasteiger charge is 2.27. The van der Waals surface area contributed by atoms with Crippen LogP contribution in [-0.2, 0) is 14.8 Å². The summed E-state index contributed by atoms with van der Waals surface area (Å²) in [7, 11) is -3.56. The Morgan fingerprint density at radius 2 is 1.76 bits per heavy atom. The Bertz CT molecular complexity index is 996. The highest BCUT2D eigenvalue weighted by Crippen LogP contribution is 2.14. The smallest absolute Gasteiger partial charge is 0.287 e. The van der Waals surface area contributed by atoms with Gasteiger partial charge in [-0.25, -0.2) is 8.42 Å². The molecule has 1 saturated heterocycles. The number of carbonyl (C=O) groups excluding carboxylic acids is 2. The van der Waals surface area contributed by atoms with E-state index in [0.717, 1.165) is 5.56 Å². The van der Waals surface area contributed by atoms with Gasteiger partial charge in [-0.05, 0) is 39.7 Å². The highest BCUT2D eigenvalue weighted by atomic mass is 79.9. The lowest BCUT2D eigenvalue weighted by Crippen LogP contribution is -2.52. The van der Waals surface area contributed by atoms with E-state index in [0.29, 0.717) is 4.67 Å². The molecule has 1 aliphatic rings. The summed E-state index contributed by atoms with van der Waals surface area (Å²) in [5.41, 5.74) is 0.796. The third-order valence-electron chi connectivity index (χ3n) is 4.38. The molecule has 1 fully saturated rings. The molecule has 1 N–H and O–H groups in total. The Kier molecular flexibility index (Phi) is 6.88. The predicted octanol–water partition coefficient (Wildman–Crippen LogP) is 1.92. The summed E-state index contributed by atoms with van der Waals surface area (Å²) in [5, 5.41) is 3.68. The van der Waals surface area contributed by atoms with Gasteiger partial charge in [0.1, 0.15) is 0 Å². The average Bonchev–Trinajstić information content (AvgIpc) is 3.17. The van der Waals surface area contributed by atoms with Gasteiger partial charge in [-0.1, -0.05) is 30.3 Å². The lowest BCUT2D eigenvalue weighted by Gasteiger charge is -2.33. The molecule has 0 radical (unpaired) electrons. The standard InChI is InChI=1S/C19H20BrN3O5S/c20-17-7-6-16(28-17)19(25)21-14-18(24)22-9-11-23(12-10-22)29(26,27)13-8-15-4-2-1-3-5-15/h1-8,13H,9-12,14H2,(H,21,25)/b13-8+. The van der Waals surface area contributed by atoms with Gasteiger partial charge in [0.15, 0.2) is 10.4 Å².